The third-order valence-electron chi connectivity index (χ3n) is 13.2. The summed E-state index contributed by atoms with van der Waals surface area (Å²) in [5, 5.41) is 10.7. The molecule has 0 radical (unpaired) electrons. The number of benzene rings is 9. The van der Waals surface area contributed by atoms with E-state index in [2.05, 4.69) is 200 Å². The molecule has 0 spiro atoms. The largest absolute Gasteiger partial charge is 0.309 e. The first-order valence-corrected chi connectivity index (χ1v) is 20.2. The lowest BCUT2D eigenvalue weighted by Crippen LogP contribution is -2.57. The van der Waals surface area contributed by atoms with Gasteiger partial charge in [0.2, 0.25) is 6.71 Å². The SMILES string of the molecule is CC(C)(C)c1cc2c3c(c1)-c1cccc4c1c(cc1c4c4ccccc4n1-c1ccccc1)B3c1cc3c(c4cccc-2c14)c1ccccc1n3-c1ccccc1. The molecule has 11 aromatic rings. The van der Waals surface area contributed by atoms with E-state index in [0.717, 1.165) is 0 Å². The molecule has 0 unspecified atom stereocenters. The summed E-state index contributed by atoms with van der Waals surface area (Å²) in [6.07, 6.45) is 0. The van der Waals surface area contributed by atoms with Crippen LogP contribution in [0.1, 0.15) is 26.3 Å². The second-order valence-corrected chi connectivity index (χ2v) is 17.2. The molecule has 0 amide bonds. The highest BCUT2D eigenvalue weighted by molar-refractivity contribution is 7.01. The van der Waals surface area contributed by atoms with Gasteiger partial charge in [0.05, 0.1) is 22.1 Å². The summed E-state index contributed by atoms with van der Waals surface area (Å²) in [6.45, 7) is 7.12. The van der Waals surface area contributed by atoms with Crippen molar-refractivity contribution in [3.8, 4) is 33.6 Å². The van der Waals surface area contributed by atoms with Gasteiger partial charge in [-0.3, -0.25) is 0 Å². The van der Waals surface area contributed by atoms with Gasteiger partial charge in [0.25, 0.3) is 0 Å². The van der Waals surface area contributed by atoms with E-state index in [1.54, 1.807) is 0 Å². The molecule has 9 aromatic carbocycles. The van der Waals surface area contributed by atoms with Crippen LogP contribution in [0.25, 0.3) is 98.8 Å². The fourth-order valence-electron chi connectivity index (χ4n) is 10.9. The van der Waals surface area contributed by atoms with Crippen LogP contribution in [0.2, 0.25) is 0 Å². The topological polar surface area (TPSA) is 9.86 Å². The Hall–Kier alpha value is -6.84. The molecule has 0 saturated carbocycles. The second kappa shape index (κ2) is 10.9. The quantitative estimate of drug-likeness (QED) is 0.157. The Morgan fingerprint density at radius 3 is 1.25 bits per heavy atom. The molecule has 3 heteroatoms. The molecular weight excluding hydrogens is 687 g/mol. The summed E-state index contributed by atoms with van der Waals surface area (Å²) < 4.78 is 4.99. The Balaban J connectivity index is 1.26. The number of nitrogens with zero attached hydrogens (tertiary/aromatic N) is 2. The van der Waals surface area contributed by atoms with E-state index in [9.17, 15) is 0 Å². The standard InChI is InChI=1S/C54H37BN2/c1-54(2,3)32-28-41-35-22-14-24-39-49(35)43(30-47-51(39)37-20-10-12-26-45(37)56(47)33-16-6-4-7-17-33)55-44-31-48-52(40-25-15-23-36(50(40)44)42(29-32)53(41)55)38-21-11-13-27-46(38)57(48)34-18-8-5-9-19-34/h4-31H,1-3H3. The minimum absolute atomic E-state index is 0.0243. The highest BCUT2D eigenvalue weighted by Crippen LogP contribution is 2.46. The van der Waals surface area contributed by atoms with Crippen molar-refractivity contribution >= 4 is 88.3 Å². The van der Waals surface area contributed by atoms with Gasteiger partial charge >= 0.3 is 0 Å². The van der Waals surface area contributed by atoms with Crippen LogP contribution in [-0.4, -0.2) is 15.8 Å². The van der Waals surface area contributed by atoms with Gasteiger partial charge in [0, 0.05) is 32.9 Å². The summed E-state index contributed by atoms with van der Waals surface area (Å²) >= 11 is 0. The molecule has 0 N–H and O–H groups in total. The molecule has 0 fully saturated rings. The van der Waals surface area contributed by atoms with E-state index in [4.69, 9.17) is 0 Å². The minimum atomic E-state index is -0.0243. The number of para-hydroxylation sites is 4. The highest BCUT2D eigenvalue weighted by atomic mass is 15.0. The summed E-state index contributed by atoms with van der Waals surface area (Å²) in [4.78, 5) is 0. The number of hydrogen-bond acceptors (Lipinski definition) is 0. The molecule has 0 aliphatic carbocycles. The number of rotatable bonds is 2. The van der Waals surface area contributed by atoms with Gasteiger partial charge in [-0.05, 0) is 103 Å². The predicted octanol–water partition coefficient (Wildman–Crippen LogP) is 12.0. The number of fused-ring (bicyclic) bond motifs is 12. The lowest BCUT2D eigenvalue weighted by Gasteiger charge is -2.36. The maximum atomic E-state index is 2.57. The molecule has 2 aromatic heterocycles. The van der Waals surface area contributed by atoms with Crippen LogP contribution >= 0.6 is 0 Å². The predicted molar refractivity (Wildman–Crippen MR) is 244 cm³/mol. The zero-order chi connectivity index (χ0) is 37.7. The first-order valence-electron chi connectivity index (χ1n) is 20.2. The molecule has 13 rings (SSSR count). The normalized spacial score (nSPS) is 13.1. The van der Waals surface area contributed by atoms with Crippen LogP contribution in [0, 0.1) is 0 Å². The van der Waals surface area contributed by atoms with Crippen LogP contribution in [-0.2, 0) is 5.41 Å². The molecule has 266 valence electrons. The van der Waals surface area contributed by atoms with Crippen molar-refractivity contribution in [3.63, 3.8) is 0 Å². The first kappa shape index (κ1) is 31.4. The third kappa shape index (κ3) is 4.01. The maximum Gasteiger partial charge on any atom is 0.244 e. The monoisotopic (exact) mass is 724 g/mol. The van der Waals surface area contributed by atoms with Crippen molar-refractivity contribution in [2.24, 2.45) is 0 Å². The fraction of sp³-hybridized carbons (Fsp3) is 0.0741. The Morgan fingerprint density at radius 1 is 0.368 bits per heavy atom. The molecule has 2 nitrogen and oxygen atoms in total. The van der Waals surface area contributed by atoms with Gasteiger partial charge in [0.15, 0.2) is 0 Å². The van der Waals surface area contributed by atoms with Gasteiger partial charge in [-0.25, -0.2) is 0 Å². The van der Waals surface area contributed by atoms with Gasteiger partial charge < -0.3 is 9.13 Å². The van der Waals surface area contributed by atoms with Gasteiger partial charge in [-0.1, -0.05) is 158 Å². The third-order valence-corrected chi connectivity index (χ3v) is 13.2. The molecule has 2 aliphatic rings. The van der Waals surface area contributed by atoms with E-state index >= 15 is 0 Å². The fourth-order valence-corrected chi connectivity index (χ4v) is 10.9. The average Bonchev–Trinajstić information content (AvgIpc) is 3.76. The van der Waals surface area contributed by atoms with Crippen molar-refractivity contribution in [1.29, 1.82) is 0 Å². The molecular formula is C54H37BN2. The van der Waals surface area contributed by atoms with Crippen LogP contribution in [0.15, 0.2) is 170 Å². The Labute approximate surface area is 331 Å². The molecule has 0 bridgehead atoms. The summed E-state index contributed by atoms with van der Waals surface area (Å²) in [7, 11) is 0. The van der Waals surface area contributed by atoms with Crippen molar-refractivity contribution in [3.05, 3.63) is 175 Å². The van der Waals surface area contributed by atoms with Crippen LogP contribution < -0.4 is 16.4 Å². The van der Waals surface area contributed by atoms with Gasteiger partial charge in [0.1, 0.15) is 0 Å². The number of aromatic nitrogens is 2. The summed E-state index contributed by atoms with van der Waals surface area (Å²) in [6, 6.07) is 64.1. The molecule has 0 saturated heterocycles. The van der Waals surface area contributed by atoms with Crippen molar-refractivity contribution in [2.45, 2.75) is 26.2 Å². The Bertz CT molecular complexity index is 3320. The van der Waals surface area contributed by atoms with Crippen LogP contribution in [0.3, 0.4) is 0 Å². The Kier molecular flexibility index (Phi) is 6.02. The molecule has 0 atom stereocenters. The lowest BCUT2D eigenvalue weighted by molar-refractivity contribution is 0.591. The zero-order valence-electron chi connectivity index (χ0n) is 32.1. The minimum Gasteiger partial charge on any atom is -0.309 e. The van der Waals surface area contributed by atoms with Crippen LogP contribution in [0.5, 0.6) is 0 Å². The van der Waals surface area contributed by atoms with Crippen molar-refractivity contribution in [2.75, 3.05) is 0 Å². The van der Waals surface area contributed by atoms with Crippen molar-refractivity contribution in [1.82, 2.24) is 9.13 Å². The smallest absolute Gasteiger partial charge is 0.244 e. The van der Waals surface area contributed by atoms with E-state index in [0.29, 0.717) is 0 Å². The summed E-state index contributed by atoms with van der Waals surface area (Å²) in [5.41, 5.74) is 18.4. The molecule has 2 aliphatic heterocycles. The highest BCUT2D eigenvalue weighted by Gasteiger charge is 2.41. The lowest BCUT2D eigenvalue weighted by atomic mass is 9.31. The van der Waals surface area contributed by atoms with E-state index < -0.39 is 0 Å². The summed E-state index contributed by atoms with van der Waals surface area (Å²) in [5.74, 6) is 0. The van der Waals surface area contributed by atoms with Crippen LogP contribution in [0.4, 0.5) is 0 Å². The Morgan fingerprint density at radius 2 is 0.789 bits per heavy atom. The maximum absolute atomic E-state index is 2.57. The number of hydrogen-bond donors (Lipinski definition) is 0. The molecule has 4 heterocycles. The van der Waals surface area contributed by atoms with E-state index in [-0.39, 0.29) is 12.1 Å². The average molecular weight is 725 g/mol. The van der Waals surface area contributed by atoms with E-state index in [1.165, 1.54) is 121 Å². The first-order chi connectivity index (χ1) is 28.0. The zero-order valence-corrected chi connectivity index (χ0v) is 32.1. The van der Waals surface area contributed by atoms with Crippen molar-refractivity contribution < 1.29 is 0 Å². The van der Waals surface area contributed by atoms with Gasteiger partial charge in [-0.15, -0.1) is 0 Å². The second-order valence-electron chi connectivity index (χ2n) is 17.2. The van der Waals surface area contributed by atoms with E-state index in [1.807, 2.05) is 0 Å². The van der Waals surface area contributed by atoms with Gasteiger partial charge in [-0.2, -0.15) is 0 Å². The molecule has 57 heavy (non-hydrogen) atoms.